The monoisotopic (exact) mass is 120 g/mol. The first-order valence-corrected chi connectivity index (χ1v) is 3.09. The van der Waals surface area contributed by atoms with Gasteiger partial charge in [-0.1, -0.05) is 18.2 Å². The molecule has 1 heterocycles. The van der Waals surface area contributed by atoms with E-state index in [0.717, 1.165) is 12.4 Å². The van der Waals surface area contributed by atoms with Crippen molar-refractivity contribution in [3.05, 3.63) is 35.1 Å². The van der Waals surface area contributed by atoms with Crippen LogP contribution in [0.25, 0.3) is 0 Å². The smallest absolute Gasteiger partial charge is 0.114 e. The molecule has 0 bridgehead atoms. The molecule has 1 aliphatic carbocycles. The highest BCUT2D eigenvalue weighted by atomic mass is 16.5. The van der Waals surface area contributed by atoms with E-state index < -0.39 is 0 Å². The van der Waals surface area contributed by atoms with Crippen molar-refractivity contribution in [3.63, 3.8) is 0 Å². The van der Waals surface area contributed by atoms with Crippen molar-refractivity contribution in [2.75, 3.05) is 6.61 Å². The lowest BCUT2D eigenvalue weighted by Gasteiger charge is -1.91. The van der Waals surface area contributed by atoms with Crippen LogP contribution >= 0.6 is 0 Å². The van der Waals surface area contributed by atoms with Crippen molar-refractivity contribution >= 4 is 0 Å². The Balaban J connectivity index is 2.52. The molecular weight excluding hydrogens is 112 g/mol. The summed E-state index contributed by atoms with van der Waals surface area (Å²) in [6.45, 7) is 2.78. The largest absolute Gasteiger partial charge is 0.493 e. The normalized spacial score (nSPS) is 22.1. The summed E-state index contributed by atoms with van der Waals surface area (Å²) in [6, 6.07) is 0. The molecule has 0 N–H and O–H groups in total. The summed E-state index contributed by atoms with van der Waals surface area (Å²) in [7, 11) is 0. The van der Waals surface area contributed by atoms with E-state index in [0.29, 0.717) is 0 Å². The van der Waals surface area contributed by atoms with Crippen LogP contribution in [0.1, 0.15) is 6.92 Å². The molecule has 2 rings (SSSR count). The Morgan fingerprint density at radius 2 is 2.44 bits per heavy atom. The van der Waals surface area contributed by atoms with E-state index in [1.165, 1.54) is 11.1 Å². The molecule has 1 aliphatic heterocycles. The third kappa shape index (κ3) is 0.545. The fourth-order valence-electron chi connectivity index (χ4n) is 1.19. The molecule has 0 spiro atoms. The summed E-state index contributed by atoms with van der Waals surface area (Å²) in [5.41, 5.74) is 2.61. The Hall–Kier alpha value is -0.980. The molecule has 0 aromatic heterocycles. The van der Waals surface area contributed by atoms with Gasteiger partial charge in [0.2, 0.25) is 0 Å². The fraction of sp³-hybridized carbons (Fsp3) is 0.250. The van der Waals surface area contributed by atoms with Crippen LogP contribution in [0.4, 0.5) is 0 Å². The van der Waals surface area contributed by atoms with Gasteiger partial charge in [0.15, 0.2) is 0 Å². The van der Waals surface area contributed by atoms with Crippen molar-refractivity contribution < 1.29 is 4.74 Å². The Bertz CT molecular complexity index is 231. The predicted molar refractivity (Wildman–Crippen MR) is 35.9 cm³/mol. The lowest BCUT2D eigenvalue weighted by atomic mass is 10.2. The van der Waals surface area contributed by atoms with Gasteiger partial charge in [0.25, 0.3) is 0 Å². The molecule has 9 heavy (non-hydrogen) atoms. The van der Waals surface area contributed by atoms with Crippen molar-refractivity contribution in [1.82, 2.24) is 0 Å². The van der Waals surface area contributed by atoms with Gasteiger partial charge < -0.3 is 4.74 Å². The van der Waals surface area contributed by atoms with Gasteiger partial charge in [-0.25, -0.2) is 0 Å². The number of fused-ring (bicyclic) bond motifs is 1. The van der Waals surface area contributed by atoms with E-state index >= 15 is 0 Å². The first-order chi connectivity index (χ1) is 4.38. The summed E-state index contributed by atoms with van der Waals surface area (Å²) < 4.78 is 5.28. The minimum Gasteiger partial charge on any atom is -0.493 e. The third-order valence-corrected chi connectivity index (χ3v) is 1.73. The van der Waals surface area contributed by atoms with Crippen molar-refractivity contribution in [2.45, 2.75) is 6.92 Å². The molecule has 0 fully saturated rings. The number of ether oxygens (including phenoxy) is 1. The minimum atomic E-state index is 0.772. The number of hydrogen-bond donors (Lipinski definition) is 0. The molecule has 1 heteroatoms. The molecular formula is C8H8O. The molecule has 0 atom stereocenters. The maximum atomic E-state index is 5.28. The zero-order valence-corrected chi connectivity index (χ0v) is 5.35. The maximum absolute atomic E-state index is 5.28. The van der Waals surface area contributed by atoms with E-state index in [1.54, 1.807) is 0 Å². The second-order valence-corrected chi connectivity index (χ2v) is 2.31. The van der Waals surface area contributed by atoms with Gasteiger partial charge in [-0.3, -0.25) is 0 Å². The SMILES string of the molecule is CC1=C2C=CC=C2CO1. The van der Waals surface area contributed by atoms with Crippen molar-refractivity contribution in [1.29, 1.82) is 0 Å². The van der Waals surface area contributed by atoms with E-state index in [4.69, 9.17) is 4.74 Å². The van der Waals surface area contributed by atoms with Crippen LogP contribution in [-0.2, 0) is 4.74 Å². The Kier molecular flexibility index (Phi) is 0.810. The zero-order valence-electron chi connectivity index (χ0n) is 5.35. The van der Waals surface area contributed by atoms with Gasteiger partial charge in [-0.2, -0.15) is 0 Å². The van der Waals surface area contributed by atoms with Crippen LogP contribution in [0.2, 0.25) is 0 Å². The highest BCUT2D eigenvalue weighted by Crippen LogP contribution is 2.28. The fourth-order valence-corrected chi connectivity index (χ4v) is 1.19. The van der Waals surface area contributed by atoms with E-state index in [1.807, 2.05) is 6.92 Å². The van der Waals surface area contributed by atoms with Gasteiger partial charge in [0, 0.05) is 5.57 Å². The molecule has 0 saturated carbocycles. The topological polar surface area (TPSA) is 9.23 Å². The van der Waals surface area contributed by atoms with Crippen LogP contribution in [0.15, 0.2) is 35.1 Å². The summed E-state index contributed by atoms with van der Waals surface area (Å²) >= 11 is 0. The number of allylic oxidation sites excluding steroid dienone is 4. The highest BCUT2D eigenvalue weighted by molar-refractivity contribution is 5.52. The molecule has 46 valence electrons. The first kappa shape index (κ1) is 4.86. The van der Waals surface area contributed by atoms with Gasteiger partial charge in [0.05, 0.1) is 0 Å². The molecule has 1 nitrogen and oxygen atoms in total. The van der Waals surface area contributed by atoms with E-state index in [2.05, 4.69) is 18.2 Å². The molecule has 0 aromatic carbocycles. The number of rotatable bonds is 0. The summed E-state index contributed by atoms with van der Waals surface area (Å²) in [5, 5.41) is 0. The summed E-state index contributed by atoms with van der Waals surface area (Å²) in [4.78, 5) is 0. The molecule has 0 saturated heterocycles. The lowest BCUT2D eigenvalue weighted by Crippen LogP contribution is -1.81. The molecule has 0 aromatic rings. The summed E-state index contributed by atoms with van der Waals surface area (Å²) in [5.74, 6) is 1.06. The third-order valence-electron chi connectivity index (χ3n) is 1.73. The van der Waals surface area contributed by atoms with Crippen LogP contribution in [0.3, 0.4) is 0 Å². The molecule has 2 aliphatic rings. The average Bonchev–Trinajstić information content (AvgIpc) is 2.35. The minimum absolute atomic E-state index is 0.772. The van der Waals surface area contributed by atoms with Gasteiger partial charge in [0.1, 0.15) is 12.4 Å². The maximum Gasteiger partial charge on any atom is 0.114 e. The van der Waals surface area contributed by atoms with Crippen LogP contribution in [0.5, 0.6) is 0 Å². The number of hydrogen-bond acceptors (Lipinski definition) is 1. The zero-order chi connectivity index (χ0) is 6.27. The standard InChI is InChI=1S/C8H8O/c1-6-8-4-2-3-7(8)5-9-6/h2-4H,5H2,1H3. The Morgan fingerprint density at radius 1 is 1.56 bits per heavy atom. The Morgan fingerprint density at radius 3 is 3.22 bits per heavy atom. The van der Waals surface area contributed by atoms with Crippen LogP contribution in [-0.4, -0.2) is 6.61 Å². The van der Waals surface area contributed by atoms with Crippen LogP contribution in [0, 0.1) is 0 Å². The van der Waals surface area contributed by atoms with Gasteiger partial charge in [-0.15, -0.1) is 0 Å². The molecule has 0 radical (unpaired) electrons. The van der Waals surface area contributed by atoms with Gasteiger partial charge >= 0.3 is 0 Å². The molecule has 0 amide bonds. The highest BCUT2D eigenvalue weighted by Gasteiger charge is 2.17. The van der Waals surface area contributed by atoms with Crippen molar-refractivity contribution in [3.8, 4) is 0 Å². The van der Waals surface area contributed by atoms with E-state index in [-0.39, 0.29) is 0 Å². The quantitative estimate of drug-likeness (QED) is 0.473. The second-order valence-electron chi connectivity index (χ2n) is 2.31. The van der Waals surface area contributed by atoms with E-state index in [9.17, 15) is 0 Å². The average molecular weight is 120 g/mol. The second kappa shape index (κ2) is 1.50. The van der Waals surface area contributed by atoms with Crippen LogP contribution < -0.4 is 0 Å². The lowest BCUT2D eigenvalue weighted by molar-refractivity contribution is 0.263. The van der Waals surface area contributed by atoms with Crippen molar-refractivity contribution in [2.24, 2.45) is 0 Å². The molecule has 0 unspecified atom stereocenters. The van der Waals surface area contributed by atoms with Gasteiger partial charge in [-0.05, 0) is 12.5 Å². The first-order valence-electron chi connectivity index (χ1n) is 3.09. The predicted octanol–water partition coefficient (Wildman–Crippen LogP) is 1.79. The summed E-state index contributed by atoms with van der Waals surface area (Å²) in [6.07, 6.45) is 6.26. The Labute approximate surface area is 54.3 Å².